The van der Waals surface area contributed by atoms with E-state index in [2.05, 4.69) is 28.9 Å². The number of likely N-dealkylation sites (tertiary alicyclic amines) is 1. The van der Waals surface area contributed by atoms with E-state index in [1.165, 1.54) is 4.88 Å². The molecule has 5 rings (SSSR count). The molecule has 0 saturated carbocycles. The Kier molecular flexibility index (Phi) is 7.57. The van der Waals surface area contributed by atoms with Gasteiger partial charge in [0.25, 0.3) is 5.91 Å². The van der Waals surface area contributed by atoms with Crippen molar-refractivity contribution in [3.63, 3.8) is 0 Å². The number of carbonyl (C=O) groups excluding carboxylic acids is 2. The lowest BCUT2D eigenvalue weighted by molar-refractivity contribution is -0.126. The molecule has 2 aromatic heterocycles. The van der Waals surface area contributed by atoms with E-state index < -0.39 is 0 Å². The van der Waals surface area contributed by atoms with Gasteiger partial charge in [-0.1, -0.05) is 66.7 Å². The molecular weight excluding hydrogens is 468 g/mol. The first-order chi connectivity index (χ1) is 17.7. The summed E-state index contributed by atoms with van der Waals surface area (Å²) < 4.78 is 1.85. The summed E-state index contributed by atoms with van der Waals surface area (Å²) >= 11 is 1.71. The van der Waals surface area contributed by atoms with Crippen molar-refractivity contribution < 1.29 is 9.59 Å². The summed E-state index contributed by atoms with van der Waals surface area (Å²) in [5.41, 5.74) is 3.36. The Labute approximate surface area is 215 Å². The number of hydrogen-bond acceptors (Lipinski definition) is 4. The number of carbonyl (C=O) groups is 2. The van der Waals surface area contributed by atoms with Crippen molar-refractivity contribution in [1.82, 2.24) is 20.0 Å². The van der Waals surface area contributed by atoms with Crippen molar-refractivity contribution in [2.75, 3.05) is 19.6 Å². The molecule has 184 valence electrons. The highest BCUT2D eigenvalue weighted by Gasteiger charge is 2.30. The molecule has 0 spiro atoms. The lowest BCUT2D eigenvalue weighted by Crippen LogP contribution is -2.43. The number of amides is 2. The average Bonchev–Trinajstić information content (AvgIpc) is 3.60. The third-order valence-electron chi connectivity index (χ3n) is 6.63. The van der Waals surface area contributed by atoms with Gasteiger partial charge in [-0.25, -0.2) is 0 Å². The van der Waals surface area contributed by atoms with E-state index in [1.54, 1.807) is 11.3 Å². The summed E-state index contributed by atoms with van der Waals surface area (Å²) in [6.45, 7) is 2.39. The van der Waals surface area contributed by atoms with Gasteiger partial charge in [0.15, 0.2) is 0 Å². The first kappa shape index (κ1) is 24.0. The van der Waals surface area contributed by atoms with Crippen LogP contribution in [0.15, 0.2) is 84.4 Å². The van der Waals surface area contributed by atoms with Crippen LogP contribution in [0.4, 0.5) is 0 Å². The van der Waals surface area contributed by atoms with Crippen LogP contribution in [-0.2, 0) is 17.8 Å². The Bertz CT molecular complexity index is 1280. The van der Waals surface area contributed by atoms with Crippen LogP contribution >= 0.6 is 11.3 Å². The molecular formula is C29H30N4O2S. The summed E-state index contributed by atoms with van der Waals surface area (Å²) in [6, 6.07) is 24.1. The van der Waals surface area contributed by atoms with Gasteiger partial charge < -0.3 is 10.2 Å². The Morgan fingerprint density at radius 3 is 2.36 bits per heavy atom. The fourth-order valence-corrected chi connectivity index (χ4v) is 5.37. The second kappa shape index (κ2) is 11.4. The predicted molar refractivity (Wildman–Crippen MR) is 143 cm³/mol. The van der Waals surface area contributed by atoms with Crippen LogP contribution in [0.2, 0.25) is 0 Å². The summed E-state index contributed by atoms with van der Waals surface area (Å²) in [5, 5.41) is 9.92. The van der Waals surface area contributed by atoms with Crippen LogP contribution in [0.1, 0.15) is 33.6 Å². The molecule has 3 heterocycles. The number of rotatable bonds is 8. The molecule has 0 aliphatic carbocycles. The minimum Gasteiger partial charge on any atom is -0.355 e. The van der Waals surface area contributed by atoms with Crippen LogP contribution in [-0.4, -0.2) is 46.1 Å². The second-order valence-electron chi connectivity index (χ2n) is 9.13. The van der Waals surface area contributed by atoms with Gasteiger partial charge in [0.2, 0.25) is 5.91 Å². The van der Waals surface area contributed by atoms with Crippen molar-refractivity contribution in [3.8, 4) is 11.3 Å². The largest absolute Gasteiger partial charge is 0.355 e. The normalized spacial score (nSPS) is 14.1. The molecule has 1 saturated heterocycles. The molecule has 0 unspecified atom stereocenters. The first-order valence-electron chi connectivity index (χ1n) is 12.4. The zero-order valence-electron chi connectivity index (χ0n) is 20.2. The maximum absolute atomic E-state index is 13.6. The molecule has 7 heteroatoms. The molecule has 2 aromatic carbocycles. The van der Waals surface area contributed by atoms with Crippen LogP contribution in [0.3, 0.4) is 0 Å². The zero-order valence-corrected chi connectivity index (χ0v) is 21.0. The molecule has 0 radical (unpaired) electrons. The predicted octanol–water partition coefficient (Wildman–Crippen LogP) is 4.87. The van der Waals surface area contributed by atoms with Crippen LogP contribution < -0.4 is 5.32 Å². The van der Waals surface area contributed by atoms with Crippen molar-refractivity contribution in [1.29, 1.82) is 0 Å². The molecule has 1 aliphatic heterocycles. The van der Waals surface area contributed by atoms with Crippen LogP contribution in [0.25, 0.3) is 11.3 Å². The van der Waals surface area contributed by atoms with Crippen molar-refractivity contribution >= 4 is 23.2 Å². The molecule has 2 amide bonds. The van der Waals surface area contributed by atoms with Crippen LogP contribution in [0, 0.1) is 5.92 Å². The number of piperidine rings is 1. The standard InChI is InChI=1S/C29H30N4O2S/c34-28(30-16-13-25-12-7-19-36-25)24-14-17-32(18-15-24)29(35)26-21-33(20-22-8-3-1-4-9-22)31-27(26)23-10-5-2-6-11-23/h1-12,19,21,24H,13-18,20H2,(H,30,34). The molecule has 0 bridgehead atoms. The summed E-state index contributed by atoms with van der Waals surface area (Å²) in [5.74, 6) is 0.0239. The molecule has 1 aliphatic rings. The van der Waals surface area contributed by atoms with Crippen molar-refractivity contribution in [3.05, 3.63) is 100 Å². The third-order valence-corrected chi connectivity index (χ3v) is 7.57. The number of benzene rings is 2. The van der Waals surface area contributed by atoms with E-state index in [4.69, 9.17) is 5.10 Å². The van der Waals surface area contributed by atoms with Gasteiger partial charge in [-0.05, 0) is 36.3 Å². The van der Waals surface area contributed by atoms with Gasteiger partial charge in [0.05, 0.1) is 12.1 Å². The maximum atomic E-state index is 13.6. The van der Waals surface area contributed by atoms with Crippen molar-refractivity contribution in [2.24, 2.45) is 5.92 Å². The quantitative estimate of drug-likeness (QED) is 0.377. The Hall–Kier alpha value is -3.71. The summed E-state index contributed by atoms with van der Waals surface area (Å²) in [7, 11) is 0. The number of hydrogen-bond donors (Lipinski definition) is 1. The zero-order chi connectivity index (χ0) is 24.7. The topological polar surface area (TPSA) is 67.2 Å². The average molecular weight is 499 g/mol. The SMILES string of the molecule is O=C(NCCc1cccs1)C1CCN(C(=O)c2cn(Cc3ccccc3)nc2-c2ccccc2)CC1. The molecule has 1 N–H and O–H groups in total. The van der Waals surface area contributed by atoms with E-state index in [-0.39, 0.29) is 17.7 Å². The first-order valence-corrected chi connectivity index (χ1v) is 13.3. The van der Waals surface area contributed by atoms with Gasteiger partial charge in [0.1, 0.15) is 5.69 Å². The van der Waals surface area contributed by atoms with Crippen molar-refractivity contribution in [2.45, 2.75) is 25.8 Å². The maximum Gasteiger partial charge on any atom is 0.257 e. The van der Waals surface area contributed by atoms with Gasteiger partial charge in [-0.15, -0.1) is 11.3 Å². The highest BCUT2D eigenvalue weighted by Crippen LogP contribution is 2.26. The van der Waals surface area contributed by atoms with Gasteiger partial charge in [-0.2, -0.15) is 5.10 Å². The van der Waals surface area contributed by atoms with Gasteiger partial charge >= 0.3 is 0 Å². The second-order valence-corrected chi connectivity index (χ2v) is 10.2. The Balaban J connectivity index is 1.24. The minimum absolute atomic E-state index is 0.0234. The Morgan fingerprint density at radius 2 is 1.67 bits per heavy atom. The molecule has 36 heavy (non-hydrogen) atoms. The van der Waals surface area contributed by atoms with Crippen LogP contribution in [0.5, 0.6) is 0 Å². The number of aromatic nitrogens is 2. The smallest absolute Gasteiger partial charge is 0.257 e. The van der Waals surface area contributed by atoms with Gasteiger partial charge in [0, 0.05) is 42.2 Å². The van der Waals surface area contributed by atoms with E-state index in [0.717, 1.165) is 17.5 Å². The lowest BCUT2D eigenvalue weighted by atomic mass is 9.95. The summed E-state index contributed by atoms with van der Waals surface area (Å²) in [6.07, 6.45) is 4.07. The molecule has 4 aromatic rings. The highest BCUT2D eigenvalue weighted by molar-refractivity contribution is 7.09. The number of nitrogens with one attached hydrogen (secondary N) is 1. The van der Waals surface area contributed by atoms with E-state index in [9.17, 15) is 9.59 Å². The molecule has 6 nitrogen and oxygen atoms in total. The number of thiophene rings is 1. The van der Waals surface area contributed by atoms with E-state index >= 15 is 0 Å². The lowest BCUT2D eigenvalue weighted by Gasteiger charge is -2.31. The highest BCUT2D eigenvalue weighted by atomic mass is 32.1. The third kappa shape index (κ3) is 5.74. The fourth-order valence-electron chi connectivity index (χ4n) is 4.66. The van der Waals surface area contributed by atoms with E-state index in [1.807, 2.05) is 70.4 Å². The molecule has 1 fully saturated rings. The van der Waals surface area contributed by atoms with E-state index in [0.29, 0.717) is 50.3 Å². The fraction of sp³-hybridized carbons (Fsp3) is 0.276. The monoisotopic (exact) mass is 498 g/mol. The number of nitrogens with zero attached hydrogens (tertiary/aromatic N) is 3. The Morgan fingerprint density at radius 1 is 0.944 bits per heavy atom. The minimum atomic E-state index is -0.0493. The molecule has 0 atom stereocenters. The van der Waals surface area contributed by atoms with Gasteiger partial charge in [-0.3, -0.25) is 14.3 Å². The summed E-state index contributed by atoms with van der Waals surface area (Å²) in [4.78, 5) is 29.4.